The topological polar surface area (TPSA) is 96.0 Å². The molecule has 0 saturated heterocycles. The minimum Gasteiger partial charge on any atom is -0.497 e. The molecule has 2 amide bonds. The molecule has 9 heteroatoms. The molecule has 0 aliphatic carbocycles. The lowest BCUT2D eigenvalue weighted by molar-refractivity contribution is -0.140. The Kier molecular flexibility index (Phi) is 11.3. The summed E-state index contributed by atoms with van der Waals surface area (Å²) < 4.78 is 32.7. The van der Waals surface area contributed by atoms with Gasteiger partial charge in [0.05, 0.1) is 19.1 Å². The van der Waals surface area contributed by atoms with Gasteiger partial charge in [-0.25, -0.2) is 8.42 Å². The predicted octanol–water partition coefficient (Wildman–Crippen LogP) is 4.63. The Labute approximate surface area is 244 Å². The van der Waals surface area contributed by atoms with E-state index in [2.05, 4.69) is 5.32 Å². The average Bonchev–Trinajstić information content (AvgIpc) is 2.94. The van der Waals surface area contributed by atoms with Crippen LogP contribution in [0, 0.1) is 13.8 Å². The van der Waals surface area contributed by atoms with Crippen LogP contribution in [-0.2, 0) is 32.6 Å². The first kappa shape index (κ1) is 31.7. The number of rotatable bonds is 14. The summed E-state index contributed by atoms with van der Waals surface area (Å²) in [5, 5.41) is 2.99. The zero-order chi connectivity index (χ0) is 30.0. The third kappa shape index (κ3) is 8.82. The number of benzene rings is 3. The summed E-state index contributed by atoms with van der Waals surface area (Å²) in [6.45, 7) is 5.82. The fourth-order valence-electron chi connectivity index (χ4n) is 4.80. The van der Waals surface area contributed by atoms with Gasteiger partial charge < -0.3 is 15.0 Å². The van der Waals surface area contributed by atoms with Gasteiger partial charge in [-0.2, -0.15) is 0 Å². The first-order valence-corrected chi connectivity index (χ1v) is 15.7. The Morgan fingerprint density at radius 1 is 0.927 bits per heavy atom. The van der Waals surface area contributed by atoms with Crippen molar-refractivity contribution in [1.29, 1.82) is 0 Å². The molecule has 0 radical (unpaired) electrons. The second-order valence-electron chi connectivity index (χ2n) is 10.2. The van der Waals surface area contributed by atoms with Gasteiger partial charge in [-0.15, -0.1) is 0 Å². The van der Waals surface area contributed by atoms with Crippen molar-refractivity contribution in [2.75, 3.05) is 30.8 Å². The van der Waals surface area contributed by atoms with E-state index in [0.717, 1.165) is 45.7 Å². The van der Waals surface area contributed by atoms with E-state index in [1.165, 1.54) is 4.90 Å². The first-order chi connectivity index (χ1) is 19.5. The van der Waals surface area contributed by atoms with Gasteiger partial charge in [0.1, 0.15) is 18.3 Å². The minimum atomic E-state index is -3.83. The van der Waals surface area contributed by atoms with Gasteiger partial charge in [0.15, 0.2) is 0 Å². The largest absolute Gasteiger partial charge is 0.497 e. The standard InChI is InChI=1S/C32H41N3O5S/c1-6-7-19-33-32(37)29(21-26-15-9-8-10-16-26)34(22-27-17-12-18-28(20-27)40-4)30(36)23-35(41(5,38)39)31-24(2)13-11-14-25(31)3/h8-18,20,29H,6-7,19,21-23H2,1-5H3,(H,33,37)/t29-/m1/s1. The van der Waals surface area contributed by atoms with Crippen LogP contribution < -0.4 is 14.4 Å². The van der Waals surface area contributed by atoms with Crippen LogP contribution in [0.3, 0.4) is 0 Å². The molecule has 0 spiro atoms. The van der Waals surface area contributed by atoms with Gasteiger partial charge in [-0.05, 0) is 54.7 Å². The molecule has 1 N–H and O–H groups in total. The molecule has 0 saturated carbocycles. The Hall–Kier alpha value is -3.85. The van der Waals surface area contributed by atoms with Crippen LogP contribution in [0.25, 0.3) is 0 Å². The van der Waals surface area contributed by atoms with Crippen molar-refractivity contribution >= 4 is 27.5 Å². The zero-order valence-corrected chi connectivity index (χ0v) is 25.4. The third-order valence-corrected chi connectivity index (χ3v) is 8.07. The highest BCUT2D eigenvalue weighted by Gasteiger charge is 2.33. The van der Waals surface area contributed by atoms with Crippen LogP contribution in [0.4, 0.5) is 5.69 Å². The fourth-order valence-corrected chi connectivity index (χ4v) is 5.77. The van der Waals surface area contributed by atoms with E-state index in [1.807, 2.05) is 87.5 Å². The molecule has 1 atom stereocenters. The van der Waals surface area contributed by atoms with E-state index in [4.69, 9.17) is 4.74 Å². The highest BCUT2D eigenvalue weighted by atomic mass is 32.2. The number of unbranched alkanes of at least 4 members (excludes halogenated alkanes) is 1. The number of nitrogens with one attached hydrogen (secondary N) is 1. The molecular weight excluding hydrogens is 538 g/mol. The second kappa shape index (κ2) is 14.7. The lowest BCUT2D eigenvalue weighted by atomic mass is 10.0. The number of hydrogen-bond acceptors (Lipinski definition) is 5. The second-order valence-corrected chi connectivity index (χ2v) is 12.1. The maximum atomic E-state index is 14.2. The molecule has 0 unspecified atom stereocenters. The van der Waals surface area contributed by atoms with Crippen molar-refractivity contribution in [3.8, 4) is 5.75 Å². The van der Waals surface area contributed by atoms with E-state index in [9.17, 15) is 18.0 Å². The van der Waals surface area contributed by atoms with Crippen LogP contribution in [0.1, 0.15) is 42.0 Å². The van der Waals surface area contributed by atoms with Gasteiger partial charge in [-0.3, -0.25) is 13.9 Å². The maximum Gasteiger partial charge on any atom is 0.244 e. The monoisotopic (exact) mass is 579 g/mol. The van der Waals surface area contributed by atoms with E-state index < -0.39 is 28.5 Å². The highest BCUT2D eigenvalue weighted by Crippen LogP contribution is 2.27. The normalized spacial score (nSPS) is 11.9. The summed E-state index contributed by atoms with van der Waals surface area (Å²) in [6.07, 6.45) is 3.09. The molecule has 0 aliphatic heterocycles. The Morgan fingerprint density at radius 3 is 2.17 bits per heavy atom. The number of hydrogen-bond donors (Lipinski definition) is 1. The number of nitrogens with zero attached hydrogens (tertiary/aromatic N) is 2. The molecule has 0 aliphatic rings. The first-order valence-electron chi connectivity index (χ1n) is 13.8. The number of para-hydroxylation sites is 1. The average molecular weight is 580 g/mol. The molecule has 3 aromatic carbocycles. The molecule has 0 bridgehead atoms. The lowest BCUT2D eigenvalue weighted by Gasteiger charge is -2.34. The molecule has 8 nitrogen and oxygen atoms in total. The van der Waals surface area contributed by atoms with E-state index in [-0.39, 0.29) is 18.9 Å². The Bertz CT molecular complexity index is 1410. The van der Waals surface area contributed by atoms with Crippen molar-refractivity contribution in [1.82, 2.24) is 10.2 Å². The number of amides is 2. The van der Waals surface area contributed by atoms with Gasteiger partial charge in [-0.1, -0.05) is 74.0 Å². The van der Waals surface area contributed by atoms with Gasteiger partial charge in [0, 0.05) is 19.5 Å². The summed E-state index contributed by atoms with van der Waals surface area (Å²) in [5.41, 5.74) is 3.59. The quantitative estimate of drug-likeness (QED) is 0.281. The molecule has 0 aromatic heterocycles. The smallest absolute Gasteiger partial charge is 0.244 e. The summed E-state index contributed by atoms with van der Waals surface area (Å²) in [7, 11) is -2.27. The zero-order valence-electron chi connectivity index (χ0n) is 24.6. The SMILES string of the molecule is CCCCNC(=O)[C@@H](Cc1ccccc1)N(Cc1cccc(OC)c1)C(=O)CN(c1c(C)cccc1C)S(C)(=O)=O. The van der Waals surface area contributed by atoms with Gasteiger partial charge in [0.2, 0.25) is 21.8 Å². The van der Waals surface area contributed by atoms with Crippen LogP contribution in [0.2, 0.25) is 0 Å². The van der Waals surface area contributed by atoms with Crippen molar-refractivity contribution < 1.29 is 22.7 Å². The summed E-state index contributed by atoms with van der Waals surface area (Å²) in [4.78, 5) is 29.4. The molecule has 0 heterocycles. The van der Waals surface area contributed by atoms with Gasteiger partial charge >= 0.3 is 0 Å². The van der Waals surface area contributed by atoms with E-state index >= 15 is 0 Å². The maximum absolute atomic E-state index is 14.2. The number of aryl methyl sites for hydroxylation is 2. The molecule has 3 rings (SSSR count). The predicted molar refractivity (Wildman–Crippen MR) is 164 cm³/mol. The number of methoxy groups -OCH3 is 1. The van der Waals surface area contributed by atoms with Crippen molar-refractivity contribution in [3.05, 3.63) is 95.1 Å². The molecular formula is C32H41N3O5S. The lowest BCUT2D eigenvalue weighted by Crippen LogP contribution is -2.53. The van der Waals surface area contributed by atoms with Crippen LogP contribution in [0.15, 0.2) is 72.8 Å². The minimum absolute atomic E-state index is 0.0963. The number of sulfonamides is 1. The van der Waals surface area contributed by atoms with Crippen molar-refractivity contribution in [2.45, 2.75) is 52.6 Å². The Morgan fingerprint density at radius 2 is 1.56 bits per heavy atom. The molecule has 0 fully saturated rings. The van der Waals surface area contributed by atoms with Crippen LogP contribution in [0.5, 0.6) is 5.75 Å². The van der Waals surface area contributed by atoms with Crippen LogP contribution in [-0.4, -0.2) is 57.6 Å². The number of anilines is 1. The summed E-state index contributed by atoms with van der Waals surface area (Å²) in [5.74, 6) is -0.140. The van der Waals surface area contributed by atoms with Gasteiger partial charge in [0.25, 0.3) is 0 Å². The van der Waals surface area contributed by atoms with Crippen molar-refractivity contribution in [3.63, 3.8) is 0 Å². The summed E-state index contributed by atoms with van der Waals surface area (Å²) in [6, 6.07) is 21.4. The van der Waals surface area contributed by atoms with E-state index in [1.54, 1.807) is 13.2 Å². The summed E-state index contributed by atoms with van der Waals surface area (Å²) >= 11 is 0. The molecule has 220 valence electrons. The number of ether oxygens (including phenoxy) is 1. The third-order valence-electron chi connectivity index (χ3n) is 6.96. The highest BCUT2D eigenvalue weighted by molar-refractivity contribution is 7.92. The van der Waals surface area contributed by atoms with Crippen LogP contribution >= 0.6 is 0 Å². The number of carbonyl (C=O) groups is 2. The number of carbonyl (C=O) groups excluding carboxylic acids is 2. The molecule has 41 heavy (non-hydrogen) atoms. The molecule has 3 aromatic rings. The Balaban J connectivity index is 2.08. The fraction of sp³-hybridized carbons (Fsp3) is 0.375. The van der Waals surface area contributed by atoms with Crippen molar-refractivity contribution in [2.24, 2.45) is 0 Å². The van der Waals surface area contributed by atoms with E-state index in [0.29, 0.717) is 18.0 Å².